The van der Waals surface area contributed by atoms with Crippen molar-refractivity contribution in [1.29, 1.82) is 0 Å². The Labute approximate surface area is 373 Å². The normalized spacial score (nSPS) is 12.8. The summed E-state index contributed by atoms with van der Waals surface area (Å²) in [4.78, 5) is 24.5. The van der Waals surface area contributed by atoms with E-state index in [-0.39, 0.29) is 18.5 Å². The Bertz CT molecular complexity index is 935. The monoisotopic (exact) mass is 846 g/mol. The van der Waals surface area contributed by atoms with E-state index in [0.717, 1.165) is 70.6 Å². The summed E-state index contributed by atoms with van der Waals surface area (Å²) >= 11 is 0. The lowest BCUT2D eigenvalue weighted by molar-refractivity contribution is -0.143. The van der Waals surface area contributed by atoms with Crippen molar-refractivity contribution in [3.05, 3.63) is 24.3 Å². The molecule has 0 spiro atoms. The molecule has 1 amide bonds. The van der Waals surface area contributed by atoms with E-state index >= 15 is 0 Å². The number of rotatable bonds is 49. The first-order valence-electron chi connectivity index (χ1n) is 26.6. The van der Waals surface area contributed by atoms with Gasteiger partial charge in [0.2, 0.25) is 5.91 Å². The van der Waals surface area contributed by atoms with Crippen LogP contribution in [0.1, 0.15) is 284 Å². The number of unbranched alkanes of at least 4 members (excludes halogenated alkanes) is 34. The first-order chi connectivity index (χ1) is 29.5. The van der Waals surface area contributed by atoms with Crippen LogP contribution in [-0.2, 0) is 14.3 Å². The average molecular weight is 846 g/mol. The van der Waals surface area contributed by atoms with Gasteiger partial charge in [0.15, 0.2) is 0 Å². The van der Waals surface area contributed by atoms with Crippen LogP contribution in [0, 0.1) is 0 Å². The second-order valence-electron chi connectivity index (χ2n) is 18.2. The molecular formula is C54H103NO5. The number of nitrogens with one attached hydrogen (secondary N) is 1. The second-order valence-corrected chi connectivity index (χ2v) is 18.2. The summed E-state index contributed by atoms with van der Waals surface area (Å²) < 4.78 is 5.44. The van der Waals surface area contributed by atoms with Gasteiger partial charge in [-0.2, -0.15) is 0 Å². The predicted molar refractivity (Wildman–Crippen MR) is 260 cm³/mol. The zero-order chi connectivity index (χ0) is 43.7. The fourth-order valence-electron chi connectivity index (χ4n) is 8.15. The third-order valence-corrected chi connectivity index (χ3v) is 12.2. The number of carbonyl (C=O) groups is 2. The van der Waals surface area contributed by atoms with Crippen molar-refractivity contribution in [2.75, 3.05) is 13.2 Å². The van der Waals surface area contributed by atoms with Gasteiger partial charge in [-0.1, -0.05) is 244 Å². The third-order valence-electron chi connectivity index (χ3n) is 12.2. The molecule has 6 heteroatoms. The molecule has 354 valence electrons. The molecule has 0 aromatic heterocycles. The van der Waals surface area contributed by atoms with Crippen LogP contribution < -0.4 is 5.32 Å². The summed E-state index contributed by atoms with van der Waals surface area (Å²) in [6, 6.07) is -0.559. The summed E-state index contributed by atoms with van der Waals surface area (Å²) in [5.41, 5.74) is 0. The van der Waals surface area contributed by atoms with E-state index in [4.69, 9.17) is 4.74 Å². The summed E-state index contributed by atoms with van der Waals surface area (Å²) in [6.07, 6.45) is 58.6. The van der Waals surface area contributed by atoms with Crippen LogP contribution in [0.4, 0.5) is 0 Å². The SMILES string of the molecule is CCC/C=C\C/C=C\CCCCCCCC(=O)OCCCCCCCCCCCCC(=O)NC(CO)C(O)CCCCCCCCCCCCCCCCCCCCCC. The number of ether oxygens (including phenoxy) is 1. The lowest BCUT2D eigenvalue weighted by Gasteiger charge is -2.22. The molecule has 0 saturated heterocycles. The minimum atomic E-state index is -0.680. The summed E-state index contributed by atoms with van der Waals surface area (Å²) in [7, 11) is 0. The Morgan fingerprint density at radius 1 is 0.467 bits per heavy atom. The number of aliphatic hydroxyl groups is 2. The highest BCUT2D eigenvalue weighted by Crippen LogP contribution is 2.17. The predicted octanol–water partition coefficient (Wildman–Crippen LogP) is 15.9. The van der Waals surface area contributed by atoms with Gasteiger partial charge in [0, 0.05) is 12.8 Å². The van der Waals surface area contributed by atoms with Crippen molar-refractivity contribution in [1.82, 2.24) is 5.32 Å². The fraction of sp³-hybridized carbons (Fsp3) is 0.889. The van der Waals surface area contributed by atoms with Gasteiger partial charge >= 0.3 is 5.97 Å². The standard InChI is InChI=1S/C54H103NO5/c1-3-5-7-9-11-13-15-17-18-19-20-21-22-23-25-26-30-34-38-42-46-52(57)51(50-56)55-53(58)47-43-39-35-31-28-29-33-37-41-45-49-60-54(59)48-44-40-36-32-27-24-16-14-12-10-8-6-4-2/h8,10,14,16,51-52,56-57H,3-7,9,11-13,15,17-50H2,1-2H3,(H,55,58)/b10-8-,16-14-. The maximum absolute atomic E-state index is 12.5. The van der Waals surface area contributed by atoms with Gasteiger partial charge in [-0.25, -0.2) is 0 Å². The molecule has 0 rings (SSSR count). The maximum atomic E-state index is 12.5. The largest absolute Gasteiger partial charge is 0.466 e. The molecule has 2 unspecified atom stereocenters. The number of esters is 1. The van der Waals surface area contributed by atoms with Crippen LogP contribution in [0.5, 0.6) is 0 Å². The van der Waals surface area contributed by atoms with Crippen molar-refractivity contribution in [2.24, 2.45) is 0 Å². The molecule has 0 bridgehead atoms. The van der Waals surface area contributed by atoms with E-state index < -0.39 is 12.1 Å². The van der Waals surface area contributed by atoms with Gasteiger partial charge in [-0.3, -0.25) is 9.59 Å². The molecule has 0 aliphatic carbocycles. The Morgan fingerprint density at radius 3 is 1.33 bits per heavy atom. The molecule has 0 heterocycles. The van der Waals surface area contributed by atoms with Crippen molar-refractivity contribution in [2.45, 2.75) is 296 Å². The number of amides is 1. The zero-order valence-corrected chi connectivity index (χ0v) is 40.2. The topological polar surface area (TPSA) is 95.9 Å². The molecule has 0 fully saturated rings. The molecule has 0 aromatic rings. The molecule has 3 N–H and O–H groups in total. The van der Waals surface area contributed by atoms with E-state index in [0.29, 0.717) is 25.9 Å². The van der Waals surface area contributed by atoms with Crippen LogP contribution in [0.15, 0.2) is 24.3 Å². The quantitative estimate of drug-likeness (QED) is 0.0322. The zero-order valence-electron chi connectivity index (χ0n) is 40.2. The van der Waals surface area contributed by atoms with Crippen molar-refractivity contribution in [3.8, 4) is 0 Å². The second kappa shape index (κ2) is 50.0. The highest BCUT2D eigenvalue weighted by Gasteiger charge is 2.20. The molecule has 60 heavy (non-hydrogen) atoms. The molecule has 0 aromatic carbocycles. The molecule has 6 nitrogen and oxygen atoms in total. The van der Waals surface area contributed by atoms with E-state index in [1.807, 2.05) is 0 Å². The molecule has 0 aliphatic heterocycles. The Morgan fingerprint density at radius 2 is 0.867 bits per heavy atom. The van der Waals surface area contributed by atoms with Gasteiger partial charge in [0.05, 0.1) is 25.4 Å². The number of carbonyl (C=O) groups excluding carboxylic acids is 2. The lowest BCUT2D eigenvalue weighted by Crippen LogP contribution is -2.45. The maximum Gasteiger partial charge on any atom is 0.305 e. The third kappa shape index (κ3) is 45.9. The van der Waals surface area contributed by atoms with Crippen molar-refractivity contribution in [3.63, 3.8) is 0 Å². The number of hydrogen-bond acceptors (Lipinski definition) is 5. The molecule has 2 atom stereocenters. The van der Waals surface area contributed by atoms with Crippen LogP contribution in [0.25, 0.3) is 0 Å². The van der Waals surface area contributed by atoms with Crippen LogP contribution in [0.2, 0.25) is 0 Å². The minimum absolute atomic E-state index is 0.0337. The summed E-state index contributed by atoms with van der Waals surface area (Å²) in [6.45, 7) is 4.84. The van der Waals surface area contributed by atoms with Crippen LogP contribution in [0.3, 0.4) is 0 Å². The smallest absolute Gasteiger partial charge is 0.305 e. The van der Waals surface area contributed by atoms with Gasteiger partial charge in [-0.05, 0) is 51.4 Å². The average Bonchev–Trinajstić information content (AvgIpc) is 3.25. The Balaban J connectivity index is 3.49. The summed E-state index contributed by atoms with van der Waals surface area (Å²) in [5, 5.41) is 23.3. The first kappa shape index (κ1) is 58.3. The van der Waals surface area contributed by atoms with Gasteiger partial charge in [0.25, 0.3) is 0 Å². The summed E-state index contributed by atoms with van der Waals surface area (Å²) in [5.74, 6) is -0.0907. The number of aliphatic hydroxyl groups excluding tert-OH is 2. The highest BCUT2D eigenvalue weighted by molar-refractivity contribution is 5.76. The molecule has 0 radical (unpaired) electrons. The minimum Gasteiger partial charge on any atom is -0.466 e. The van der Waals surface area contributed by atoms with Crippen molar-refractivity contribution >= 4 is 11.9 Å². The first-order valence-corrected chi connectivity index (χ1v) is 26.6. The van der Waals surface area contributed by atoms with Crippen LogP contribution >= 0.6 is 0 Å². The molecule has 0 saturated carbocycles. The Hall–Kier alpha value is -1.66. The van der Waals surface area contributed by atoms with Gasteiger partial charge in [0.1, 0.15) is 0 Å². The van der Waals surface area contributed by atoms with Crippen molar-refractivity contribution < 1.29 is 24.5 Å². The Kier molecular flexibility index (Phi) is 48.6. The highest BCUT2D eigenvalue weighted by atomic mass is 16.5. The molecular weight excluding hydrogens is 743 g/mol. The van der Waals surface area contributed by atoms with Gasteiger partial charge in [-0.15, -0.1) is 0 Å². The molecule has 0 aliphatic rings. The lowest BCUT2D eigenvalue weighted by atomic mass is 10.0. The van der Waals surface area contributed by atoms with E-state index in [1.54, 1.807) is 0 Å². The fourth-order valence-corrected chi connectivity index (χ4v) is 8.15. The van der Waals surface area contributed by atoms with Crippen LogP contribution in [-0.4, -0.2) is 47.4 Å². The van der Waals surface area contributed by atoms with E-state index in [1.165, 1.54) is 180 Å². The number of allylic oxidation sites excluding steroid dienone is 4. The number of hydrogen-bond donors (Lipinski definition) is 3. The van der Waals surface area contributed by atoms with E-state index in [9.17, 15) is 19.8 Å². The van der Waals surface area contributed by atoms with Gasteiger partial charge < -0.3 is 20.3 Å². The van der Waals surface area contributed by atoms with E-state index in [2.05, 4.69) is 43.5 Å².